The zero-order valence-corrected chi connectivity index (χ0v) is 13.5. The molecule has 0 aromatic heterocycles. The van der Waals surface area contributed by atoms with Crippen LogP contribution in [0, 0.1) is 17.0 Å². The van der Waals surface area contributed by atoms with Gasteiger partial charge in [-0.2, -0.15) is 5.10 Å². The summed E-state index contributed by atoms with van der Waals surface area (Å²) in [7, 11) is 0. The molecule has 1 amide bonds. The molecule has 0 atom stereocenters. The summed E-state index contributed by atoms with van der Waals surface area (Å²) in [5.74, 6) is 0.0522. The van der Waals surface area contributed by atoms with E-state index in [1.807, 2.05) is 6.92 Å². The van der Waals surface area contributed by atoms with Crippen LogP contribution >= 0.6 is 11.6 Å². The number of hydrogen-bond acceptors (Lipinski definition) is 5. The molecule has 0 saturated carbocycles. The maximum Gasteiger partial charge on any atom is 0.278 e. The van der Waals surface area contributed by atoms with Gasteiger partial charge in [0.2, 0.25) is 0 Å². The van der Waals surface area contributed by atoms with Crippen LogP contribution in [0.5, 0.6) is 5.75 Å². The molecule has 124 valence electrons. The molecule has 0 aliphatic carbocycles. The molecular weight excluding hydrogens is 334 g/mol. The van der Waals surface area contributed by atoms with Crippen molar-refractivity contribution in [3.8, 4) is 5.75 Å². The summed E-state index contributed by atoms with van der Waals surface area (Å²) in [6, 6.07) is 11.1. The van der Waals surface area contributed by atoms with Crippen LogP contribution in [0.2, 0.25) is 5.02 Å². The van der Waals surface area contributed by atoms with Crippen molar-refractivity contribution in [3.63, 3.8) is 0 Å². The Balaban J connectivity index is 1.90. The largest absolute Gasteiger partial charge is 0.483 e. The summed E-state index contributed by atoms with van der Waals surface area (Å²) in [5, 5.41) is 15.1. The lowest BCUT2D eigenvalue weighted by Gasteiger charge is -2.08. The molecular formula is C16H14ClN3O4. The van der Waals surface area contributed by atoms with E-state index in [1.54, 1.807) is 30.3 Å². The van der Waals surface area contributed by atoms with Crippen LogP contribution in [0.4, 0.5) is 5.69 Å². The predicted molar refractivity (Wildman–Crippen MR) is 90.5 cm³/mol. The summed E-state index contributed by atoms with van der Waals surface area (Å²) in [6.07, 6.45) is 1.21. The second-order valence-corrected chi connectivity index (χ2v) is 5.24. The number of rotatable bonds is 6. The Morgan fingerprint density at radius 2 is 2.12 bits per heavy atom. The van der Waals surface area contributed by atoms with E-state index in [2.05, 4.69) is 10.5 Å². The van der Waals surface area contributed by atoms with Gasteiger partial charge in [0.1, 0.15) is 5.75 Å². The van der Waals surface area contributed by atoms with Gasteiger partial charge in [-0.25, -0.2) is 5.43 Å². The van der Waals surface area contributed by atoms with Gasteiger partial charge in [0, 0.05) is 11.1 Å². The van der Waals surface area contributed by atoms with E-state index < -0.39 is 10.8 Å². The number of carbonyl (C=O) groups excluding carboxylic acids is 1. The molecule has 24 heavy (non-hydrogen) atoms. The van der Waals surface area contributed by atoms with Crippen molar-refractivity contribution in [1.82, 2.24) is 5.43 Å². The standard InChI is InChI=1S/C16H14ClN3O4/c1-11-8-13(17)6-7-15(11)24-10-16(21)19-18-9-12-4-2-3-5-14(12)20(22)23/h2-9H,10H2,1H3,(H,19,21)/b18-9+. The first kappa shape index (κ1) is 17.4. The number of para-hydroxylation sites is 1. The SMILES string of the molecule is Cc1cc(Cl)ccc1OCC(=O)N/N=C/c1ccccc1[N+](=O)[O-]. The van der Waals surface area contributed by atoms with Crippen molar-refractivity contribution in [3.05, 3.63) is 68.7 Å². The highest BCUT2D eigenvalue weighted by atomic mass is 35.5. The fourth-order valence-electron chi connectivity index (χ4n) is 1.89. The molecule has 0 bridgehead atoms. The summed E-state index contributed by atoms with van der Waals surface area (Å²) in [4.78, 5) is 22.0. The van der Waals surface area contributed by atoms with Gasteiger partial charge in [-0.15, -0.1) is 0 Å². The van der Waals surface area contributed by atoms with Crippen molar-refractivity contribution in [1.29, 1.82) is 0 Å². The van der Waals surface area contributed by atoms with Crippen LogP contribution in [0.15, 0.2) is 47.6 Å². The first-order chi connectivity index (χ1) is 11.5. The summed E-state index contributed by atoms with van der Waals surface area (Å²) in [5.41, 5.74) is 3.25. The third-order valence-corrected chi connectivity index (χ3v) is 3.26. The Labute approximate surface area is 143 Å². The van der Waals surface area contributed by atoms with Gasteiger partial charge in [-0.3, -0.25) is 14.9 Å². The minimum absolute atomic E-state index is 0.0939. The van der Waals surface area contributed by atoms with E-state index in [0.29, 0.717) is 10.8 Å². The van der Waals surface area contributed by atoms with Crippen molar-refractivity contribution in [2.24, 2.45) is 5.10 Å². The highest BCUT2D eigenvalue weighted by molar-refractivity contribution is 6.30. The third kappa shape index (κ3) is 4.79. The molecule has 0 aliphatic heterocycles. The number of nitro benzene ring substituents is 1. The second kappa shape index (κ2) is 8.07. The summed E-state index contributed by atoms with van der Waals surface area (Å²) < 4.78 is 5.37. The zero-order chi connectivity index (χ0) is 17.5. The van der Waals surface area contributed by atoms with E-state index >= 15 is 0 Å². The number of hydrogen-bond donors (Lipinski definition) is 1. The molecule has 8 heteroatoms. The maximum absolute atomic E-state index is 11.7. The maximum atomic E-state index is 11.7. The fourth-order valence-corrected chi connectivity index (χ4v) is 2.11. The summed E-state index contributed by atoms with van der Waals surface area (Å²) in [6.45, 7) is 1.57. The minimum Gasteiger partial charge on any atom is -0.483 e. The number of aryl methyl sites for hydroxylation is 1. The lowest BCUT2D eigenvalue weighted by molar-refractivity contribution is -0.385. The first-order valence-electron chi connectivity index (χ1n) is 6.91. The Bertz CT molecular complexity index is 793. The van der Waals surface area contributed by atoms with Crippen molar-refractivity contribution >= 4 is 29.4 Å². The Hall–Kier alpha value is -2.93. The van der Waals surface area contributed by atoms with Gasteiger partial charge < -0.3 is 4.74 Å². The smallest absolute Gasteiger partial charge is 0.278 e. The number of hydrazone groups is 1. The van der Waals surface area contributed by atoms with E-state index in [0.717, 1.165) is 5.56 Å². The van der Waals surface area contributed by atoms with Gasteiger partial charge in [0.25, 0.3) is 11.6 Å². The highest BCUT2D eigenvalue weighted by Gasteiger charge is 2.10. The highest BCUT2D eigenvalue weighted by Crippen LogP contribution is 2.21. The van der Waals surface area contributed by atoms with Crippen molar-refractivity contribution in [2.45, 2.75) is 6.92 Å². The van der Waals surface area contributed by atoms with Crippen LogP contribution in [-0.4, -0.2) is 23.7 Å². The Morgan fingerprint density at radius 3 is 2.83 bits per heavy atom. The lowest BCUT2D eigenvalue weighted by Crippen LogP contribution is -2.24. The number of halogens is 1. The van der Waals surface area contributed by atoms with Gasteiger partial charge in [-0.1, -0.05) is 23.7 Å². The van der Waals surface area contributed by atoms with Gasteiger partial charge in [0.05, 0.1) is 16.7 Å². The number of benzene rings is 2. The molecule has 0 spiro atoms. The monoisotopic (exact) mass is 347 g/mol. The van der Waals surface area contributed by atoms with E-state index in [9.17, 15) is 14.9 Å². The van der Waals surface area contributed by atoms with Crippen LogP contribution < -0.4 is 10.2 Å². The molecule has 0 aliphatic rings. The molecule has 1 N–H and O–H groups in total. The molecule has 0 heterocycles. The van der Waals surface area contributed by atoms with Crippen LogP contribution in [0.1, 0.15) is 11.1 Å². The van der Waals surface area contributed by atoms with Crippen LogP contribution in [0.3, 0.4) is 0 Å². The molecule has 0 radical (unpaired) electrons. The molecule has 2 aromatic rings. The topological polar surface area (TPSA) is 93.8 Å². The predicted octanol–water partition coefficient (Wildman–Crippen LogP) is 3.09. The van der Waals surface area contributed by atoms with Gasteiger partial charge in [-0.05, 0) is 36.8 Å². The lowest BCUT2D eigenvalue weighted by atomic mass is 10.2. The third-order valence-electron chi connectivity index (χ3n) is 3.02. The van der Waals surface area contributed by atoms with Crippen LogP contribution in [0.25, 0.3) is 0 Å². The van der Waals surface area contributed by atoms with Gasteiger partial charge >= 0.3 is 0 Å². The van der Waals surface area contributed by atoms with E-state index in [4.69, 9.17) is 16.3 Å². The number of carbonyl (C=O) groups is 1. The normalized spacial score (nSPS) is 10.6. The fraction of sp³-hybridized carbons (Fsp3) is 0.125. The van der Waals surface area contributed by atoms with Crippen molar-refractivity contribution < 1.29 is 14.5 Å². The second-order valence-electron chi connectivity index (χ2n) is 4.81. The summed E-state index contributed by atoms with van der Waals surface area (Å²) >= 11 is 5.84. The van der Waals surface area contributed by atoms with E-state index in [-0.39, 0.29) is 17.9 Å². The molecule has 0 saturated heterocycles. The van der Waals surface area contributed by atoms with Crippen molar-refractivity contribution in [2.75, 3.05) is 6.61 Å². The molecule has 0 unspecified atom stereocenters. The number of nitrogens with one attached hydrogen (secondary N) is 1. The Morgan fingerprint density at radius 1 is 1.38 bits per heavy atom. The minimum atomic E-state index is -0.518. The quantitative estimate of drug-likeness (QED) is 0.493. The number of ether oxygens (including phenoxy) is 1. The number of nitrogens with zero attached hydrogens (tertiary/aromatic N) is 2. The molecule has 7 nitrogen and oxygen atoms in total. The van der Waals surface area contributed by atoms with Gasteiger partial charge in [0.15, 0.2) is 6.61 Å². The first-order valence-corrected chi connectivity index (χ1v) is 7.29. The number of nitro groups is 1. The molecule has 2 rings (SSSR count). The average Bonchev–Trinajstić information content (AvgIpc) is 2.54. The zero-order valence-electron chi connectivity index (χ0n) is 12.7. The van der Waals surface area contributed by atoms with E-state index in [1.165, 1.54) is 18.3 Å². The van der Waals surface area contributed by atoms with Crippen LogP contribution in [-0.2, 0) is 4.79 Å². The molecule has 2 aromatic carbocycles. The molecule has 0 fully saturated rings. The Kier molecular flexibility index (Phi) is 5.86. The average molecular weight is 348 g/mol. The number of amides is 1.